The molecule has 0 aromatic heterocycles. The Bertz CT molecular complexity index is 1240. The first-order chi connectivity index (χ1) is 19.2. The van der Waals surface area contributed by atoms with E-state index in [0.29, 0.717) is 36.0 Å². The van der Waals surface area contributed by atoms with E-state index >= 15 is 0 Å². The summed E-state index contributed by atoms with van der Waals surface area (Å²) in [5.41, 5.74) is 3.90. The third-order valence-electron chi connectivity index (χ3n) is 8.56. The van der Waals surface area contributed by atoms with Crippen molar-refractivity contribution in [3.05, 3.63) is 64.7 Å². The third-order valence-corrected chi connectivity index (χ3v) is 10.3. The van der Waals surface area contributed by atoms with Gasteiger partial charge in [-0.25, -0.2) is 8.42 Å². The molecule has 2 atom stereocenters. The molecule has 1 saturated carbocycles. The molecule has 0 saturated heterocycles. The van der Waals surface area contributed by atoms with E-state index in [1.807, 2.05) is 12.1 Å². The Morgan fingerprint density at radius 1 is 1.07 bits per heavy atom. The van der Waals surface area contributed by atoms with Crippen molar-refractivity contribution in [2.45, 2.75) is 89.4 Å². The minimum absolute atomic E-state index is 0.0333. The zero-order valence-electron chi connectivity index (χ0n) is 24.4. The van der Waals surface area contributed by atoms with Crippen LogP contribution in [0.2, 0.25) is 0 Å². The highest BCUT2D eigenvalue weighted by molar-refractivity contribution is 7.91. The second-order valence-corrected chi connectivity index (χ2v) is 13.9. The molecule has 2 aromatic rings. The number of nitrogens with one attached hydrogen (secondary N) is 1. The maximum atomic E-state index is 13.4. The van der Waals surface area contributed by atoms with E-state index in [4.69, 9.17) is 4.74 Å². The second kappa shape index (κ2) is 13.6. The van der Waals surface area contributed by atoms with Gasteiger partial charge in [-0.05, 0) is 91.8 Å². The van der Waals surface area contributed by atoms with Crippen molar-refractivity contribution in [3.63, 3.8) is 0 Å². The van der Waals surface area contributed by atoms with Crippen LogP contribution in [0.5, 0.6) is 0 Å². The summed E-state index contributed by atoms with van der Waals surface area (Å²) in [5.74, 6) is 0.980. The van der Waals surface area contributed by atoms with Crippen LogP contribution in [-0.2, 0) is 21.1 Å². The van der Waals surface area contributed by atoms with Gasteiger partial charge in [0.25, 0.3) is 5.91 Å². The van der Waals surface area contributed by atoms with Crippen molar-refractivity contribution in [3.8, 4) is 0 Å². The third kappa shape index (κ3) is 7.14. The molecule has 220 valence electrons. The summed E-state index contributed by atoms with van der Waals surface area (Å²) in [6.07, 6.45) is 5.44. The van der Waals surface area contributed by atoms with E-state index in [0.717, 1.165) is 38.1 Å². The fraction of sp³-hybridized carbons (Fsp3) is 0.594. The van der Waals surface area contributed by atoms with Crippen LogP contribution in [0.3, 0.4) is 0 Å². The molecule has 40 heavy (non-hydrogen) atoms. The van der Waals surface area contributed by atoms with Crippen molar-refractivity contribution in [1.29, 1.82) is 0 Å². The first-order valence-electron chi connectivity index (χ1n) is 14.9. The number of carbonyl (C=O) groups is 1. The molecular formula is C32H46N2O5S. The molecule has 2 aromatic carbocycles. The Morgan fingerprint density at radius 3 is 2.38 bits per heavy atom. The lowest BCUT2D eigenvalue weighted by Crippen LogP contribution is -2.33. The fourth-order valence-electron chi connectivity index (χ4n) is 6.46. The van der Waals surface area contributed by atoms with Crippen LogP contribution in [0.1, 0.15) is 98.9 Å². The summed E-state index contributed by atoms with van der Waals surface area (Å²) in [6.45, 7) is 10.8. The average molecular weight is 571 g/mol. The van der Waals surface area contributed by atoms with Gasteiger partial charge in [0.05, 0.1) is 22.8 Å². The molecule has 1 unspecified atom stereocenters. The highest BCUT2D eigenvalue weighted by atomic mass is 32.2. The number of aliphatic hydroxyl groups excluding tert-OH is 1. The monoisotopic (exact) mass is 570 g/mol. The SMILES string of the molecule is CCOC1CCC(CN2Cc3cc(C(=O)N[C@@H](CCO)c4ccc(S(=O)(=O)CC)cc4)ccc3C2C(C)C)CC1. The van der Waals surface area contributed by atoms with Crippen LogP contribution in [0.25, 0.3) is 0 Å². The molecular weight excluding hydrogens is 524 g/mol. The van der Waals surface area contributed by atoms with Gasteiger partial charge in [0.2, 0.25) is 0 Å². The van der Waals surface area contributed by atoms with Crippen LogP contribution in [0, 0.1) is 11.8 Å². The van der Waals surface area contributed by atoms with Crippen LogP contribution >= 0.6 is 0 Å². The largest absolute Gasteiger partial charge is 0.396 e. The zero-order chi connectivity index (χ0) is 28.9. The number of benzene rings is 2. The molecule has 2 aliphatic rings. The van der Waals surface area contributed by atoms with Crippen molar-refractivity contribution in [2.75, 3.05) is 25.5 Å². The Labute approximate surface area is 240 Å². The van der Waals surface area contributed by atoms with E-state index in [1.165, 1.54) is 24.0 Å². The molecule has 1 fully saturated rings. The summed E-state index contributed by atoms with van der Waals surface area (Å²) in [4.78, 5) is 16.2. The number of nitrogens with zero attached hydrogens (tertiary/aromatic N) is 1. The Morgan fingerprint density at radius 2 is 1.77 bits per heavy atom. The quantitative estimate of drug-likeness (QED) is 0.353. The van der Waals surface area contributed by atoms with Gasteiger partial charge < -0.3 is 15.2 Å². The number of hydrogen-bond donors (Lipinski definition) is 2. The highest BCUT2D eigenvalue weighted by Gasteiger charge is 2.35. The number of fused-ring (bicyclic) bond motifs is 1. The predicted octanol–water partition coefficient (Wildman–Crippen LogP) is 5.44. The molecule has 0 bridgehead atoms. The molecule has 7 nitrogen and oxygen atoms in total. The van der Waals surface area contributed by atoms with Crippen molar-refractivity contribution >= 4 is 15.7 Å². The van der Waals surface area contributed by atoms with Crippen LogP contribution in [-0.4, -0.2) is 55.9 Å². The molecule has 1 aliphatic carbocycles. The van der Waals surface area contributed by atoms with E-state index in [9.17, 15) is 18.3 Å². The minimum atomic E-state index is -3.30. The van der Waals surface area contributed by atoms with Gasteiger partial charge in [-0.15, -0.1) is 0 Å². The van der Waals surface area contributed by atoms with Gasteiger partial charge >= 0.3 is 0 Å². The molecule has 0 radical (unpaired) electrons. The first kappa shape index (κ1) is 30.7. The molecule has 1 heterocycles. The molecule has 1 amide bonds. The normalized spacial score (nSPS) is 22.3. The number of carbonyl (C=O) groups excluding carboxylic acids is 1. The Kier molecular flexibility index (Phi) is 10.4. The summed E-state index contributed by atoms with van der Waals surface area (Å²) in [7, 11) is -3.30. The van der Waals surface area contributed by atoms with E-state index in [1.54, 1.807) is 31.2 Å². The summed E-state index contributed by atoms with van der Waals surface area (Å²) < 4.78 is 30.2. The van der Waals surface area contributed by atoms with Gasteiger partial charge in [0.15, 0.2) is 9.84 Å². The lowest BCUT2D eigenvalue weighted by molar-refractivity contribution is 0.0175. The summed E-state index contributed by atoms with van der Waals surface area (Å²) in [5, 5.41) is 12.7. The zero-order valence-corrected chi connectivity index (χ0v) is 25.3. The van der Waals surface area contributed by atoms with E-state index in [2.05, 4.69) is 37.1 Å². The van der Waals surface area contributed by atoms with Gasteiger partial charge in [-0.2, -0.15) is 0 Å². The van der Waals surface area contributed by atoms with Gasteiger partial charge in [0, 0.05) is 37.9 Å². The second-order valence-electron chi connectivity index (χ2n) is 11.6. The molecule has 2 N–H and O–H groups in total. The summed E-state index contributed by atoms with van der Waals surface area (Å²) >= 11 is 0. The number of sulfone groups is 1. The number of hydrogen-bond acceptors (Lipinski definition) is 6. The predicted molar refractivity (Wildman–Crippen MR) is 158 cm³/mol. The smallest absolute Gasteiger partial charge is 0.251 e. The number of rotatable bonds is 12. The number of amides is 1. The van der Waals surface area contributed by atoms with Crippen molar-refractivity contribution < 1.29 is 23.1 Å². The first-order valence-corrected chi connectivity index (χ1v) is 16.5. The Hall–Kier alpha value is -2.26. The molecule has 0 spiro atoms. The molecule has 1 aliphatic heterocycles. The fourth-order valence-corrected chi connectivity index (χ4v) is 7.34. The Balaban J connectivity index is 1.45. The highest BCUT2D eigenvalue weighted by Crippen LogP contribution is 2.41. The van der Waals surface area contributed by atoms with Crippen molar-refractivity contribution in [2.24, 2.45) is 11.8 Å². The topological polar surface area (TPSA) is 95.9 Å². The van der Waals surface area contributed by atoms with E-state index in [-0.39, 0.29) is 23.2 Å². The lowest BCUT2D eigenvalue weighted by Gasteiger charge is -2.35. The average Bonchev–Trinajstić information content (AvgIpc) is 3.31. The summed E-state index contributed by atoms with van der Waals surface area (Å²) in [6, 6.07) is 12.6. The van der Waals surface area contributed by atoms with Crippen LogP contribution in [0.4, 0.5) is 0 Å². The maximum Gasteiger partial charge on any atom is 0.251 e. The van der Waals surface area contributed by atoms with Gasteiger partial charge in [-0.1, -0.05) is 39.0 Å². The number of aliphatic hydroxyl groups is 1. The van der Waals surface area contributed by atoms with E-state index < -0.39 is 15.9 Å². The molecule has 8 heteroatoms. The standard InChI is InChI=1S/C32H46N2O5S/c1-5-39-27-12-7-23(8-13-27)20-34-21-26-19-25(11-16-29(26)31(34)22(3)4)32(36)33-30(17-18-35)24-9-14-28(15-10-24)40(37,38)6-2/h9-11,14-16,19,22-23,27,30-31,35H,5-8,12-13,17-18,20-21H2,1-4H3,(H,33,36)/t23?,27?,30-,31?/m0/s1. The number of ether oxygens (including phenoxy) is 1. The molecule has 4 rings (SSSR count). The van der Waals surface area contributed by atoms with Gasteiger partial charge in [0.1, 0.15) is 0 Å². The minimum Gasteiger partial charge on any atom is -0.396 e. The van der Waals surface area contributed by atoms with Gasteiger partial charge in [-0.3, -0.25) is 9.69 Å². The van der Waals surface area contributed by atoms with Crippen LogP contribution in [0.15, 0.2) is 47.4 Å². The lowest BCUT2D eigenvalue weighted by atomic mass is 9.86. The maximum absolute atomic E-state index is 13.4. The van der Waals surface area contributed by atoms with Crippen molar-refractivity contribution in [1.82, 2.24) is 10.2 Å². The van der Waals surface area contributed by atoms with Crippen LogP contribution < -0.4 is 5.32 Å².